The smallest absolute Gasteiger partial charge is 0.165 e. The monoisotopic (exact) mass is 338 g/mol. The first kappa shape index (κ1) is 13.2. The maximum absolute atomic E-state index is 11.3. The molecule has 0 unspecified atom stereocenters. The van der Waals surface area contributed by atoms with E-state index in [2.05, 4.69) is 26.1 Å². The number of hydrogen-bond acceptors (Lipinski definition) is 4. The molecule has 0 aliphatic carbocycles. The highest BCUT2D eigenvalue weighted by atomic mass is 79.9. The van der Waals surface area contributed by atoms with Crippen LogP contribution in [0.1, 0.15) is 18.5 Å². The van der Waals surface area contributed by atoms with Gasteiger partial charge in [0.2, 0.25) is 0 Å². The van der Waals surface area contributed by atoms with Crippen molar-refractivity contribution >= 4 is 37.4 Å². The van der Waals surface area contributed by atoms with Crippen LogP contribution in [0.4, 0.5) is 0 Å². The molecule has 0 N–H and O–H groups in total. The molecule has 17 heavy (non-hydrogen) atoms. The van der Waals surface area contributed by atoms with E-state index in [0.29, 0.717) is 35.4 Å². The maximum Gasteiger partial charge on any atom is 0.165 e. The summed E-state index contributed by atoms with van der Waals surface area (Å²) in [5.74, 6) is 0.959. The third-order valence-electron chi connectivity index (χ3n) is 2.93. The zero-order chi connectivity index (χ0) is 12.5. The highest BCUT2D eigenvalue weighted by molar-refractivity contribution is 9.10. The molecule has 0 radical (unpaired) electrons. The summed E-state index contributed by atoms with van der Waals surface area (Å²) >= 11 is 9.06. The third kappa shape index (κ3) is 3.63. The van der Waals surface area contributed by atoms with E-state index >= 15 is 0 Å². The highest BCUT2D eigenvalue weighted by Crippen LogP contribution is 2.24. The summed E-state index contributed by atoms with van der Waals surface area (Å²) in [6.45, 7) is 0. The molecule has 1 aliphatic heterocycles. The fourth-order valence-electron chi connectivity index (χ4n) is 1.93. The van der Waals surface area contributed by atoms with E-state index in [0.717, 1.165) is 16.6 Å². The molecule has 0 atom stereocenters. The molecule has 0 aromatic carbocycles. The lowest BCUT2D eigenvalue weighted by atomic mass is 9.97. The first-order chi connectivity index (χ1) is 7.96. The predicted octanol–water partition coefficient (Wildman–Crippen LogP) is 2.26. The van der Waals surface area contributed by atoms with Gasteiger partial charge in [0.15, 0.2) is 5.15 Å². The van der Waals surface area contributed by atoms with Crippen LogP contribution < -0.4 is 0 Å². The van der Waals surface area contributed by atoms with E-state index < -0.39 is 9.84 Å². The molecule has 4 nitrogen and oxygen atoms in total. The Morgan fingerprint density at radius 3 is 2.59 bits per heavy atom. The van der Waals surface area contributed by atoms with E-state index in [1.165, 1.54) is 0 Å². The summed E-state index contributed by atoms with van der Waals surface area (Å²) in [5.41, 5.74) is 0.852. The van der Waals surface area contributed by atoms with E-state index in [1.54, 1.807) is 0 Å². The largest absolute Gasteiger partial charge is 0.229 e. The van der Waals surface area contributed by atoms with Gasteiger partial charge in [-0.1, -0.05) is 11.6 Å². The van der Waals surface area contributed by atoms with Crippen molar-refractivity contribution in [2.45, 2.75) is 19.3 Å². The van der Waals surface area contributed by atoms with Gasteiger partial charge in [0.25, 0.3) is 0 Å². The normalized spacial score (nSPS) is 20.4. The van der Waals surface area contributed by atoms with Gasteiger partial charge >= 0.3 is 0 Å². The Kier molecular flexibility index (Phi) is 4.05. The van der Waals surface area contributed by atoms with E-state index in [9.17, 15) is 8.42 Å². The number of rotatable bonds is 2. The number of hydrogen-bond donors (Lipinski definition) is 0. The summed E-state index contributed by atoms with van der Waals surface area (Å²) < 4.78 is 23.3. The molecule has 94 valence electrons. The minimum Gasteiger partial charge on any atom is -0.229 e. The molecule has 1 aromatic rings. The molecule has 0 amide bonds. The second-order valence-electron chi connectivity index (χ2n) is 4.27. The number of sulfone groups is 1. The molecule has 2 heterocycles. The molecule has 0 bridgehead atoms. The van der Waals surface area contributed by atoms with Crippen LogP contribution >= 0.6 is 27.5 Å². The van der Waals surface area contributed by atoms with Crippen LogP contribution in [0.5, 0.6) is 0 Å². The number of halogens is 2. The lowest BCUT2D eigenvalue weighted by molar-refractivity contribution is 0.457. The summed E-state index contributed by atoms with van der Waals surface area (Å²) in [6, 6.07) is 1.85. The van der Waals surface area contributed by atoms with Crippen LogP contribution in [0.2, 0.25) is 5.15 Å². The number of nitrogens with zero attached hydrogens (tertiary/aromatic N) is 2. The molecule has 2 rings (SSSR count). The fraction of sp³-hybridized carbons (Fsp3) is 0.600. The summed E-state index contributed by atoms with van der Waals surface area (Å²) in [5, 5.41) is 8.18. The van der Waals surface area contributed by atoms with Crippen molar-refractivity contribution in [3.8, 4) is 0 Å². The Labute approximate surface area is 114 Å². The van der Waals surface area contributed by atoms with Crippen LogP contribution in [0.15, 0.2) is 10.5 Å². The second-order valence-corrected chi connectivity index (χ2v) is 7.79. The van der Waals surface area contributed by atoms with Gasteiger partial charge in [0.05, 0.1) is 21.7 Å². The van der Waals surface area contributed by atoms with Gasteiger partial charge in [-0.05, 0) is 47.2 Å². The predicted molar refractivity (Wildman–Crippen MR) is 69.8 cm³/mol. The Balaban J connectivity index is 2.00. The lowest BCUT2D eigenvalue weighted by Crippen LogP contribution is -2.24. The standard InChI is InChI=1S/C10H12BrClN2O2S/c11-9-6-8(13-14-10(9)12)5-7-1-3-17(15,16)4-2-7/h6-7H,1-5H2. The average Bonchev–Trinajstić information content (AvgIpc) is 2.27. The molecule has 0 spiro atoms. The molecule has 1 aliphatic rings. The van der Waals surface area contributed by atoms with Crippen molar-refractivity contribution in [2.75, 3.05) is 11.5 Å². The minimum atomic E-state index is -2.79. The van der Waals surface area contributed by atoms with E-state index in [-0.39, 0.29) is 0 Å². The Hall–Kier alpha value is -0.200. The van der Waals surface area contributed by atoms with Crippen LogP contribution in [0, 0.1) is 5.92 Å². The van der Waals surface area contributed by atoms with Crippen molar-refractivity contribution < 1.29 is 8.42 Å². The molecule has 0 saturated carbocycles. The van der Waals surface area contributed by atoms with Crippen molar-refractivity contribution in [1.29, 1.82) is 0 Å². The Morgan fingerprint density at radius 1 is 1.35 bits per heavy atom. The molecular weight excluding hydrogens is 328 g/mol. The highest BCUT2D eigenvalue weighted by Gasteiger charge is 2.24. The van der Waals surface area contributed by atoms with Crippen LogP contribution in [0.25, 0.3) is 0 Å². The summed E-state index contributed by atoms with van der Waals surface area (Å²) in [4.78, 5) is 0. The van der Waals surface area contributed by atoms with Crippen LogP contribution in [-0.2, 0) is 16.3 Å². The molecule has 1 saturated heterocycles. The zero-order valence-electron chi connectivity index (χ0n) is 9.07. The maximum atomic E-state index is 11.3. The van der Waals surface area contributed by atoms with Crippen molar-refractivity contribution in [1.82, 2.24) is 10.2 Å². The molecular formula is C10H12BrClN2O2S. The topological polar surface area (TPSA) is 59.9 Å². The zero-order valence-corrected chi connectivity index (χ0v) is 12.2. The fourth-order valence-corrected chi connectivity index (χ4v) is 3.95. The first-order valence-electron chi connectivity index (χ1n) is 5.34. The van der Waals surface area contributed by atoms with Gasteiger partial charge in [-0.15, -0.1) is 5.10 Å². The van der Waals surface area contributed by atoms with Gasteiger partial charge < -0.3 is 0 Å². The third-order valence-corrected chi connectivity index (χ3v) is 5.76. The quantitative estimate of drug-likeness (QED) is 0.829. The van der Waals surface area contributed by atoms with Crippen LogP contribution in [0.3, 0.4) is 0 Å². The Bertz CT molecular complexity index is 507. The van der Waals surface area contributed by atoms with Crippen molar-refractivity contribution in [3.05, 3.63) is 21.4 Å². The molecule has 1 fully saturated rings. The average molecular weight is 340 g/mol. The first-order valence-corrected chi connectivity index (χ1v) is 8.33. The minimum absolute atomic E-state index is 0.292. The summed E-state index contributed by atoms with van der Waals surface area (Å²) in [7, 11) is -2.79. The number of aromatic nitrogens is 2. The van der Waals surface area contributed by atoms with Gasteiger partial charge in [0, 0.05) is 0 Å². The van der Waals surface area contributed by atoms with Gasteiger partial charge in [-0.25, -0.2) is 8.42 Å². The van der Waals surface area contributed by atoms with Crippen LogP contribution in [-0.4, -0.2) is 30.1 Å². The Morgan fingerprint density at radius 2 is 2.00 bits per heavy atom. The van der Waals surface area contributed by atoms with E-state index in [4.69, 9.17) is 11.6 Å². The van der Waals surface area contributed by atoms with Gasteiger partial charge in [-0.3, -0.25) is 0 Å². The second kappa shape index (κ2) is 5.20. The van der Waals surface area contributed by atoms with Gasteiger partial charge in [0.1, 0.15) is 9.84 Å². The SMILES string of the molecule is O=S1(=O)CCC(Cc2cc(Br)c(Cl)nn2)CC1. The van der Waals surface area contributed by atoms with Crippen molar-refractivity contribution in [3.63, 3.8) is 0 Å². The summed E-state index contributed by atoms with van der Waals surface area (Å²) in [6.07, 6.45) is 2.19. The van der Waals surface area contributed by atoms with E-state index in [1.807, 2.05) is 6.07 Å². The van der Waals surface area contributed by atoms with Crippen molar-refractivity contribution in [2.24, 2.45) is 5.92 Å². The molecule has 7 heteroatoms. The molecule has 1 aromatic heterocycles. The lowest BCUT2D eigenvalue weighted by Gasteiger charge is -2.21. The van der Waals surface area contributed by atoms with Gasteiger partial charge in [-0.2, -0.15) is 5.10 Å².